The Morgan fingerprint density at radius 2 is 2.28 bits per heavy atom. The van der Waals surface area contributed by atoms with Crippen LogP contribution in [0.5, 0.6) is 0 Å². The van der Waals surface area contributed by atoms with E-state index in [0.29, 0.717) is 10.2 Å². The van der Waals surface area contributed by atoms with Gasteiger partial charge in [-0.3, -0.25) is 10.1 Å². The first-order chi connectivity index (χ1) is 8.42. The van der Waals surface area contributed by atoms with Gasteiger partial charge in [0.05, 0.1) is 17.1 Å². The Balaban J connectivity index is 3.39. The van der Waals surface area contributed by atoms with Crippen LogP contribution in [0.2, 0.25) is 0 Å². The molecule has 6 nitrogen and oxygen atoms in total. The molecule has 0 bridgehead atoms. The van der Waals surface area contributed by atoms with Gasteiger partial charge in [-0.15, -0.1) is 0 Å². The lowest BCUT2D eigenvalue weighted by atomic mass is 10.1. The van der Waals surface area contributed by atoms with E-state index in [1.165, 1.54) is 12.1 Å². The number of hydrogen-bond donors (Lipinski definition) is 1. The fourth-order valence-electron chi connectivity index (χ4n) is 1.43. The fraction of sp³-hybridized carbons (Fsp3) is 0.364. The van der Waals surface area contributed by atoms with Crippen LogP contribution in [0.25, 0.3) is 0 Å². The van der Waals surface area contributed by atoms with E-state index in [1.54, 1.807) is 18.9 Å². The summed E-state index contributed by atoms with van der Waals surface area (Å²) in [6, 6.07) is 4.36. The first-order valence-electron chi connectivity index (χ1n) is 5.14. The zero-order valence-electron chi connectivity index (χ0n) is 9.92. The molecular weight excluding hydrogens is 302 g/mol. The summed E-state index contributed by atoms with van der Waals surface area (Å²) in [7, 11) is 1.65. The molecule has 0 saturated carbocycles. The Hall–Kier alpha value is -1.65. The maximum Gasteiger partial charge on any atom is 0.293 e. The van der Waals surface area contributed by atoms with Crippen molar-refractivity contribution in [1.82, 2.24) is 0 Å². The van der Waals surface area contributed by atoms with E-state index in [1.807, 2.05) is 6.07 Å². The lowest BCUT2D eigenvalue weighted by Crippen LogP contribution is -2.32. The maximum absolute atomic E-state index is 11.0. The second-order valence-electron chi connectivity index (χ2n) is 3.83. The van der Waals surface area contributed by atoms with E-state index in [-0.39, 0.29) is 23.9 Å². The number of aliphatic hydroxyl groups excluding tert-OH is 1. The molecule has 0 heterocycles. The minimum Gasteiger partial charge on any atom is -0.394 e. The molecule has 0 fully saturated rings. The highest BCUT2D eigenvalue weighted by atomic mass is 79.9. The lowest BCUT2D eigenvalue weighted by Gasteiger charge is -2.25. The molecule has 0 aliphatic heterocycles. The third-order valence-electron chi connectivity index (χ3n) is 2.69. The molecule has 0 aromatic heterocycles. The van der Waals surface area contributed by atoms with Gasteiger partial charge in [-0.1, -0.05) is 0 Å². The first kappa shape index (κ1) is 14.4. The third kappa shape index (κ3) is 2.78. The van der Waals surface area contributed by atoms with Crippen LogP contribution in [0, 0.1) is 21.4 Å². The molecule has 7 heteroatoms. The first-order valence-corrected chi connectivity index (χ1v) is 5.93. The molecule has 1 N–H and O–H groups in total. The van der Waals surface area contributed by atoms with Gasteiger partial charge in [0, 0.05) is 23.6 Å². The van der Waals surface area contributed by atoms with Gasteiger partial charge in [0.15, 0.2) is 0 Å². The normalized spacial score (nSPS) is 11.7. The number of likely N-dealkylation sites (N-methyl/N-ethyl adjacent to an activating group) is 1. The molecule has 0 amide bonds. The number of hydrogen-bond acceptors (Lipinski definition) is 5. The molecule has 0 radical (unpaired) electrons. The van der Waals surface area contributed by atoms with Gasteiger partial charge in [-0.05, 0) is 28.9 Å². The van der Waals surface area contributed by atoms with E-state index < -0.39 is 4.92 Å². The Labute approximate surface area is 113 Å². The number of nitro groups is 1. The van der Waals surface area contributed by atoms with Gasteiger partial charge in [0.2, 0.25) is 0 Å². The summed E-state index contributed by atoms with van der Waals surface area (Å²) in [4.78, 5) is 12.1. The van der Waals surface area contributed by atoms with Crippen molar-refractivity contribution >= 4 is 27.3 Å². The summed E-state index contributed by atoms with van der Waals surface area (Å²) >= 11 is 3.20. The van der Waals surface area contributed by atoms with Crippen LogP contribution in [-0.4, -0.2) is 29.7 Å². The summed E-state index contributed by atoms with van der Waals surface area (Å²) in [5, 5.41) is 29.0. The largest absolute Gasteiger partial charge is 0.394 e. The molecule has 1 atom stereocenters. The molecule has 96 valence electrons. The number of benzene rings is 1. The highest BCUT2D eigenvalue weighted by molar-refractivity contribution is 9.10. The molecule has 0 aliphatic rings. The van der Waals surface area contributed by atoms with E-state index in [0.717, 1.165) is 0 Å². The maximum atomic E-state index is 11.0. The van der Waals surface area contributed by atoms with Crippen LogP contribution in [0.4, 0.5) is 11.4 Å². The molecule has 0 spiro atoms. The van der Waals surface area contributed by atoms with Crippen LogP contribution in [0.3, 0.4) is 0 Å². The minimum atomic E-state index is -0.538. The van der Waals surface area contributed by atoms with Gasteiger partial charge in [0.1, 0.15) is 11.8 Å². The highest BCUT2D eigenvalue weighted by Crippen LogP contribution is 2.34. The van der Waals surface area contributed by atoms with Crippen molar-refractivity contribution in [3.05, 3.63) is 32.3 Å². The molecule has 0 saturated heterocycles. The van der Waals surface area contributed by atoms with Crippen LogP contribution < -0.4 is 4.90 Å². The van der Waals surface area contributed by atoms with E-state index in [9.17, 15) is 10.1 Å². The SMILES string of the molecule is CC(CO)N(C)c1cc(Br)c(C#N)cc1[N+](=O)[O-]. The fourth-order valence-corrected chi connectivity index (χ4v) is 1.85. The average molecular weight is 314 g/mol. The number of anilines is 1. The second kappa shape index (κ2) is 5.80. The zero-order valence-corrected chi connectivity index (χ0v) is 11.5. The van der Waals surface area contributed by atoms with Crippen molar-refractivity contribution in [3.8, 4) is 6.07 Å². The van der Waals surface area contributed by atoms with Crippen molar-refractivity contribution in [2.45, 2.75) is 13.0 Å². The number of aliphatic hydroxyl groups is 1. The Morgan fingerprint density at radius 1 is 1.67 bits per heavy atom. The summed E-state index contributed by atoms with van der Waals surface area (Å²) in [6.07, 6.45) is 0. The molecule has 1 aromatic carbocycles. The molecule has 1 aromatic rings. The van der Waals surface area contributed by atoms with E-state index in [2.05, 4.69) is 15.9 Å². The number of nitriles is 1. The molecule has 1 unspecified atom stereocenters. The highest BCUT2D eigenvalue weighted by Gasteiger charge is 2.22. The molecule has 18 heavy (non-hydrogen) atoms. The summed E-state index contributed by atoms with van der Waals surface area (Å²) in [5.74, 6) is 0. The third-order valence-corrected chi connectivity index (χ3v) is 3.34. The standard InChI is InChI=1S/C11H12BrN3O3/c1-7(6-16)14(2)10-4-9(12)8(5-13)3-11(10)15(17)18/h3-4,7,16H,6H2,1-2H3. The van der Waals surface area contributed by atoms with Crippen LogP contribution in [0.1, 0.15) is 12.5 Å². The summed E-state index contributed by atoms with van der Waals surface area (Å²) in [5.41, 5.74) is 0.403. The molecular formula is C11H12BrN3O3. The molecule has 1 rings (SSSR count). The van der Waals surface area contributed by atoms with Gasteiger partial charge in [-0.2, -0.15) is 5.26 Å². The number of halogens is 1. The molecule has 0 aliphatic carbocycles. The van der Waals surface area contributed by atoms with Crippen molar-refractivity contribution in [2.24, 2.45) is 0 Å². The number of nitro benzene ring substituents is 1. The van der Waals surface area contributed by atoms with Crippen LogP contribution in [-0.2, 0) is 0 Å². The number of nitrogens with zero attached hydrogens (tertiary/aromatic N) is 3. The van der Waals surface area contributed by atoms with Crippen molar-refractivity contribution < 1.29 is 10.0 Å². The Morgan fingerprint density at radius 3 is 2.72 bits per heavy atom. The number of rotatable bonds is 4. The van der Waals surface area contributed by atoms with Crippen LogP contribution in [0.15, 0.2) is 16.6 Å². The monoisotopic (exact) mass is 313 g/mol. The smallest absolute Gasteiger partial charge is 0.293 e. The van der Waals surface area contributed by atoms with Crippen molar-refractivity contribution in [2.75, 3.05) is 18.6 Å². The topological polar surface area (TPSA) is 90.4 Å². The Bertz CT molecular complexity index is 513. The quantitative estimate of drug-likeness (QED) is 0.678. The van der Waals surface area contributed by atoms with Gasteiger partial charge in [-0.25, -0.2) is 0 Å². The van der Waals surface area contributed by atoms with Gasteiger partial charge in [0.25, 0.3) is 5.69 Å². The zero-order chi connectivity index (χ0) is 13.9. The van der Waals surface area contributed by atoms with E-state index in [4.69, 9.17) is 10.4 Å². The second-order valence-corrected chi connectivity index (χ2v) is 4.69. The van der Waals surface area contributed by atoms with E-state index >= 15 is 0 Å². The van der Waals surface area contributed by atoms with Gasteiger partial charge < -0.3 is 10.0 Å². The predicted octanol–water partition coefficient (Wildman–Crippen LogP) is 2.05. The lowest BCUT2D eigenvalue weighted by molar-refractivity contribution is -0.384. The predicted molar refractivity (Wildman–Crippen MR) is 70.5 cm³/mol. The summed E-state index contributed by atoms with van der Waals surface area (Å²) < 4.78 is 0.489. The average Bonchev–Trinajstić information content (AvgIpc) is 2.36. The summed E-state index contributed by atoms with van der Waals surface area (Å²) in [6.45, 7) is 1.63. The van der Waals surface area contributed by atoms with Crippen LogP contribution >= 0.6 is 15.9 Å². The van der Waals surface area contributed by atoms with Gasteiger partial charge >= 0.3 is 0 Å². The van der Waals surface area contributed by atoms with Crippen molar-refractivity contribution in [3.63, 3.8) is 0 Å². The van der Waals surface area contributed by atoms with Crippen molar-refractivity contribution in [1.29, 1.82) is 5.26 Å². The Kier molecular flexibility index (Phi) is 4.64. The minimum absolute atomic E-state index is 0.120.